The van der Waals surface area contributed by atoms with E-state index in [9.17, 15) is 4.79 Å². The second-order valence-electron chi connectivity index (χ2n) is 7.16. The van der Waals surface area contributed by atoms with Gasteiger partial charge in [-0.2, -0.15) is 0 Å². The molecule has 0 saturated carbocycles. The number of hydrogen-bond acceptors (Lipinski definition) is 6. The van der Waals surface area contributed by atoms with Crippen LogP contribution in [0.1, 0.15) is 29.9 Å². The SMILES string of the molecule is Cc1[nH]c(-c2cnc(Nc3ccc4ncsc4c3)cc2NC(C)C)cc1C(N)=O. The molecule has 0 fully saturated rings. The second kappa shape index (κ2) is 7.56. The number of aromatic amines is 1. The fourth-order valence-electron chi connectivity index (χ4n) is 3.21. The summed E-state index contributed by atoms with van der Waals surface area (Å²) in [5.74, 6) is 0.271. The maximum absolute atomic E-state index is 11.6. The Morgan fingerprint density at radius 3 is 2.76 bits per heavy atom. The van der Waals surface area contributed by atoms with Gasteiger partial charge in [-0.05, 0) is 45.0 Å². The molecular weight excluding hydrogens is 384 g/mol. The number of pyridine rings is 1. The van der Waals surface area contributed by atoms with E-state index in [1.165, 1.54) is 0 Å². The maximum atomic E-state index is 11.6. The first-order valence-electron chi connectivity index (χ1n) is 9.27. The van der Waals surface area contributed by atoms with Crippen molar-refractivity contribution in [3.05, 3.63) is 53.3 Å². The Labute approximate surface area is 172 Å². The van der Waals surface area contributed by atoms with Gasteiger partial charge in [-0.1, -0.05) is 0 Å². The Morgan fingerprint density at radius 1 is 1.21 bits per heavy atom. The summed E-state index contributed by atoms with van der Waals surface area (Å²) in [6.45, 7) is 5.98. The largest absolute Gasteiger partial charge is 0.382 e. The van der Waals surface area contributed by atoms with E-state index in [1.54, 1.807) is 23.6 Å². The highest BCUT2D eigenvalue weighted by molar-refractivity contribution is 7.16. The molecule has 1 amide bonds. The molecule has 7 nitrogen and oxygen atoms in total. The zero-order chi connectivity index (χ0) is 20.5. The topological polar surface area (TPSA) is 109 Å². The van der Waals surface area contributed by atoms with E-state index in [0.717, 1.165) is 44.4 Å². The van der Waals surface area contributed by atoms with Gasteiger partial charge in [0.1, 0.15) is 5.82 Å². The van der Waals surface area contributed by atoms with Crippen molar-refractivity contribution in [1.82, 2.24) is 15.0 Å². The van der Waals surface area contributed by atoms with Crippen LogP contribution in [0.3, 0.4) is 0 Å². The molecule has 0 radical (unpaired) electrons. The zero-order valence-electron chi connectivity index (χ0n) is 16.4. The van der Waals surface area contributed by atoms with Crippen LogP contribution < -0.4 is 16.4 Å². The number of hydrogen-bond donors (Lipinski definition) is 4. The molecule has 0 aliphatic carbocycles. The number of H-pyrrole nitrogens is 1. The van der Waals surface area contributed by atoms with Crippen LogP contribution >= 0.6 is 11.3 Å². The van der Waals surface area contributed by atoms with Crippen molar-refractivity contribution in [2.75, 3.05) is 10.6 Å². The fraction of sp³-hybridized carbons (Fsp3) is 0.190. The normalized spacial score (nSPS) is 11.2. The van der Waals surface area contributed by atoms with Gasteiger partial charge >= 0.3 is 0 Å². The van der Waals surface area contributed by atoms with Crippen LogP contribution in [0, 0.1) is 6.92 Å². The number of nitrogens with two attached hydrogens (primary N) is 1. The molecular formula is C21H22N6OS. The summed E-state index contributed by atoms with van der Waals surface area (Å²) in [5.41, 5.74) is 13.0. The van der Waals surface area contributed by atoms with Crippen molar-refractivity contribution < 1.29 is 4.79 Å². The van der Waals surface area contributed by atoms with E-state index in [2.05, 4.69) is 45.5 Å². The molecule has 0 saturated heterocycles. The van der Waals surface area contributed by atoms with Crippen LogP contribution in [-0.4, -0.2) is 26.9 Å². The summed E-state index contributed by atoms with van der Waals surface area (Å²) in [5, 5.41) is 6.81. The Bertz CT molecular complexity index is 1190. The summed E-state index contributed by atoms with van der Waals surface area (Å²) >= 11 is 1.60. The first kappa shape index (κ1) is 18.9. The summed E-state index contributed by atoms with van der Waals surface area (Å²) in [6, 6.07) is 10.00. The first-order chi connectivity index (χ1) is 13.9. The van der Waals surface area contributed by atoms with Gasteiger partial charge in [0.2, 0.25) is 0 Å². The Morgan fingerprint density at radius 2 is 2.03 bits per heavy atom. The number of thiazole rings is 1. The lowest BCUT2D eigenvalue weighted by Crippen LogP contribution is -2.11. The van der Waals surface area contributed by atoms with Crippen molar-refractivity contribution in [3.63, 3.8) is 0 Å². The number of anilines is 3. The van der Waals surface area contributed by atoms with E-state index < -0.39 is 5.91 Å². The molecule has 0 bridgehead atoms. The van der Waals surface area contributed by atoms with Crippen molar-refractivity contribution in [2.45, 2.75) is 26.8 Å². The van der Waals surface area contributed by atoms with E-state index in [4.69, 9.17) is 5.73 Å². The van der Waals surface area contributed by atoms with Gasteiger partial charge in [0.15, 0.2) is 0 Å². The van der Waals surface area contributed by atoms with Crippen molar-refractivity contribution >= 4 is 44.7 Å². The molecule has 0 aliphatic rings. The van der Waals surface area contributed by atoms with Crippen LogP contribution in [0.5, 0.6) is 0 Å². The fourth-order valence-corrected chi connectivity index (χ4v) is 3.92. The molecule has 4 aromatic rings. The Hall–Kier alpha value is -3.39. The number of benzene rings is 1. The van der Waals surface area contributed by atoms with Crippen LogP contribution in [0.2, 0.25) is 0 Å². The quantitative estimate of drug-likeness (QED) is 0.372. The van der Waals surface area contributed by atoms with Crippen LogP contribution in [0.15, 0.2) is 42.0 Å². The van der Waals surface area contributed by atoms with Gasteiger partial charge in [-0.3, -0.25) is 4.79 Å². The summed E-state index contributed by atoms with van der Waals surface area (Å²) in [7, 11) is 0. The highest BCUT2D eigenvalue weighted by Crippen LogP contribution is 2.32. The van der Waals surface area contributed by atoms with Gasteiger partial charge in [0.25, 0.3) is 5.91 Å². The number of aryl methyl sites for hydroxylation is 1. The van der Waals surface area contributed by atoms with E-state index in [-0.39, 0.29) is 6.04 Å². The number of nitrogens with one attached hydrogen (secondary N) is 3. The van der Waals surface area contributed by atoms with Crippen molar-refractivity contribution in [1.29, 1.82) is 0 Å². The molecule has 148 valence electrons. The number of nitrogens with zero attached hydrogens (tertiary/aromatic N) is 2. The second-order valence-corrected chi connectivity index (χ2v) is 8.05. The highest BCUT2D eigenvalue weighted by Gasteiger charge is 2.15. The number of amides is 1. The third-order valence-electron chi connectivity index (χ3n) is 4.52. The van der Waals surface area contributed by atoms with Gasteiger partial charge in [-0.15, -0.1) is 11.3 Å². The lowest BCUT2D eigenvalue weighted by atomic mass is 10.1. The smallest absolute Gasteiger partial charge is 0.250 e. The number of primary amides is 1. The number of carbonyl (C=O) groups is 1. The average Bonchev–Trinajstić information content (AvgIpc) is 3.27. The first-order valence-corrected chi connectivity index (χ1v) is 10.2. The monoisotopic (exact) mass is 406 g/mol. The summed E-state index contributed by atoms with van der Waals surface area (Å²) in [6.07, 6.45) is 1.79. The Kier molecular flexibility index (Phi) is 4.94. The van der Waals surface area contributed by atoms with Crippen LogP contribution in [0.4, 0.5) is 17.2 Å². The maximum Gasteiger partial charge on any atom is 0.250 e. The lowest BCUT2D eigenvalue weighted by molar-refractivity contribution is 0.1000. The minimum atomic E-state index is -0.451. The summed E-state index contributed by atoms with van der Waals surface area (Å²) < 4.78 is 1.12. The van der Waals surface area contributed by atoms with Gasteiger partial charge in [0.05, 0.1) is 27.0 Å². The van der Waals surface area contributed by atoms with Crippen LogP contribution in [-0.2, 0) is 0 Å². The third-order valence-corrected chi connectivity index (χ3v) is 5.31. The molecule has 3 heterocycles. The zero-order valence-corrected chi connectivity index (χ0v) is 17.2. The lowest BCUT2D eigenvalue weighted by Gasteiger charge is -2.16. The Balaban J connectivity index is 1.70. The number of rotatable bonds is 6. The molecule has 5 N–H and O–H groups in total. The molecule has 29 heavy (non-hydrogen) atoms. The van der Waals surface area contributed by atoms with Crippen LogP contribution in [0.25, 0.3) is 21.5 Å². The predicted octanol–water partition coefficient (Wildman–Crippen LogP) is 4.66. The van der Waals surface area contributed by atoms with E-state index in [0.29, 0.717) is 5.56 Å². The van der Waals surface area contributed by atoms with E-state index >= 15 is 0 Å². The number of aromatic nitrogens is 3. The number of carbonyl (C=O) groups excluding carboxylic acids is 1. The molecule has 8 heteroatoms. The molecule has 0 spiro atoms. The minimum Gasteiger partial charge on any atom is -0.382 e. The van der Waals surface area contributed by atoms with Gasteiger partial charge in [0, 0.05) is 40.9 Å². The van der Waals surface area contributed by atoms with Gasteiger partial charge in [-0.25, -0.2) is 9.97 Å². The predicted molar refractivity (Wildman–Crippen MR) is 119 cm³/mol. The van der Waals surface area contributed by atoms with Crippen molar-refractivity contribution in [3.8, 4) is 11.3 Å². The van der Waals surface area contributed by atoms with Gasteiger partial charge < -0.3 is 21.4 Å². The number of fused-ring (bicyclic) bond motifs is 1. The molecule has 3 aromatic heterocycles. The standard InChI is InChI=1S/C21H22N6OS/c1-11(2)25-18-8-20(27-13-4-5-16-19(6-13)29-10-24-16)23-9-15(18)17-7-14(21(22)28)12(3)26-17/h4-11,26H,1-3H3,(H2,22,28)(H2,23,25,27). The highest BCUT2D eigenvalue weighted by atomic mass is 32.1. The molecule has 1 aromatic carbocycles. The molecule has 0 unspecified atom stereocenters. The average molecular weight is 407 g/mol. The van der Waals surface area contributed by atoms with Crippen molar-refractivity contribution in [2.24, 2.45) is 5.73 Å². The molecule has 0 atom stereocenters. The molecule has 0 aliphatic heterocycles. The molecule has 4 rings (SSSR count). The summed E-state index contributed by atoms with van der Waals surface area (Å²) in [4.78, 5) is 23.7. The minimum absolute atomic E-state index is 0.226. The van der Waals surface area contributed by atoms with E-state index in [1.807, 2.05) is 30.6 Å². The third kappa shape index (κ3) is 3.93.